The minimum absolute atomic E-state index is 0.860. The van der Waals surface area contributed by atoms with Gasteiger partial charge in [-0.3, -0.25) is 0 Å². The molecule has 0 amide bonds. The van der Waals surface area contributed by atoms with Gasteiger partial charge in [0.25, 0.3) is 0 Å². The Labute approximate surface area is 82.6 Å². The Morgan fingerprint density at radius 1 is 0.875 bits per heavy atom. The maximum Gasteiger partial charge on any atom is 0.0357 e. The molecule has 0 aliphatic rings. The van der Waals surface area contributed by atoms with Crippen molar-refractivity contribution in [2.75, 3.05) is 10.7 Å². The Kier molecular flexibility index (Phi) is 6.58. The fourth-order valence-corrected chi connectivity index (χ4v) is 1.85. The van der Waals surface area contributed by atoms with Crippen molar-refractivity contribution in [2.24, 2.45) is 0 Å². The lowest BCUT2D eigenvalue weighted by molar-refractivity contribution is 1.64. The summed E-state index contributed by atoms with van der Waals surface area (Å²) in [6.07, 6.45) is 0. The molecule has 0 saturated carbocycles. The van der Waals surface area contributed by atoms with Crippen LogP contribution in [0.4, 0.5) is 0 Å². The van der Waals surface area contributed by atoms with Gasteiger partial charge in [-0.2, -0.15) is 0 Å². The van der Waals surface area contributed by atoms with Crippen molar-refractivity contribution in [3.8, 4) is 0 Å². The third kappa shape index (κ3) is 3.64. The van der Waals surface area contributed by atoms with E-state index in [2.05, 4.69) is 63.7 Å². The van der Waals surface area contributed by atoms with E-state index in [1.165, 1.54) is 0 Å². The van der Waals surface area contributed by atoms with Crippen LogP contribution in [0.5, 0.6) is 0 Å². The van der Waals surface area contributed by atoms with Gasteiger partial charge in [-0.1, -0.05) is 63.7 Å². The second kappa shape index (κ2) is 5.45. The summed E-state index contributed by atoms with van der Waals surface area (Å²) in [5.41, 5.74) is 0. The minimum atomic E-state index is 0.860. The number of halogens is 4. The molecule has 8 heavy (non-hydrogen) atoms. The van der Waals surface area contributed by atoms with E-state index < -0.39 is 0 Å². The molecule has 48 valence electrons. The predicted molar refractivity (Wildman–Crippen MR) is 52.5 cm³/mol. The van der Waals surface area contributed by atoms with Gasteiger partial charge in [0.05, 0.1) is 0 Å². The van der Waals surface area contributed by atoms with Crippen LogP contribution in [-0.4, -0.2) is 10.7 Å². The maximum atomic E-state index is 3.36. The minimum Gasteiger partial charge on any atom is -0.0870 e. The van der Waals surface area contributed by atoms with Crippen molar-refractivity contribution >= 4 is 63.7 Å². The van der Waals surface area contributed by atoms with E-state index in [9.17, 15) is 0 Å². The fraction of sp³-hybridized carbons (Fsp3) is 0.500. The fourth-order valence-electron chi connectivity index (χ4n) is 0.145. The van der Waals surface area contributed by atoms with Crippen LogP contribution in [0, 0.1) is 0 Å². The van der Waals surface area contributed by atoms with Crippen molar-refractivity contribution in [3.05, 3.63) is 8.96 Å². The second-order valence-electron chi connectivity index (χ2n) is 1.08. The van der Waals surface area contributed by atoms with Crippen LogP contribution in [0.3, 0.4) is 0 Å². The zero-order valence-corrected chi connectivity index (χ0v) is 10.3. The molecule has 4 heteroatoms. The van der Waals surface area contributed by atoms with Gasteiger partial charge in [0.1, 0.15) is 0 Å². The quantitative estimate of drug-likeness (QED) is 0.648. The monoisotopic (exact) mass is 368 g/mol. The molecule has 0 nitrogen and oxygen atoms in total. The van der Waals surface area contributed by atoms with Gasteiger partial charge in [-0.15, -0.1) is 0 Å². The van der Waals surface area contributed by atoms with Gasteiger partial charge in [-0.25, -0.2) is 0 Å². The van der Waals surface area contributed by atoms with Crippen LogP contribution in [0.25, 0.3) is 0 Å². The molecule has 0 radical (unpaired) electrons. The van der Waals surface area contributed by atoms with Gasteiger partial charge >= 0.3 is 0 Å². The summed E-state index contributed by atoms with van der Waals surface area (Å²) >= 11 is 13.3. The molecule has 0 aliphatic carbocycles. The van der Waals surface area contributed by atoms with Crippen LogP contribution >= 0.6 is 63.7 Å². The summed E-state index contributed by atoms with van der Waals surface area (Å²) < 4.78 is 2.30. The molecule has 0 N–H and O–H groups in total. The first kappa shape index (κ1) is 9.66. The van der Waals surface area contributed by atoms with Crippen LogP contribution in [0.15, 0.2) is 8.96 Å². The molecule has 0 atom stereocenters. The Bertz CT molecular complexity index is 84.2. The highest BCUT2D eigenvalue weighted by Gasteiger charge is 1.94. The van der Waals surface area contributed by atoms with Gasteiger partial charge in [0.2, 0.25) is 0 Å². The standard InChI is InChI=1S/C4H4Br4/c5-1-3(7)4(8)2-6/h1-2H2/b4-3+. The SMILES string of the molecule is BrC/C(Br)=C(\Br)CBr. The molecule has 0 aromatic carbocycles. The summed E-state index contributed by atoms with van der Waals surface area (Å²) in [6.45, 7) is 0. The van der Waals surface area contributed by atoms with Crippen LogP contribution in [0.2, 0.25) is 0 Å². The Hall–Kier alpha value is 1.66. The van der Waals surface area contributed by atoms with E-state index in [1.807, 2.05) is 0 Å². The Morgan fingerprint density at radius 3 is 1.25 bits per heavy atom. The van der Waals surface area contributed by atoms with Crippen molar-refractivity contribution in [2.45, 2.75) is 0 Å². The van der Waals surface area contributed by atoms with Crippen molar-refractivity contribution in [3.63, 3.8) is 0 Å². The predicted octanol–water partition coefficient (Wildman–Crippen LogP) is 3.78. The van der Waals surface area contributed by atoms with Crippen LogP contribution < -0.4 is 0 Å². The summed E-state index contributed by atoms with van der Waals surface area (Å²) in [5, 5.41) is 1.72. The van der Waals surface area contributed by atoms with Gasteiger partial charge in [0.15, 0.2) is 0 Å². The van der Waals surface area contributed by atoms with Gasteiger partial charge in [0, 0.05) is 19.6 Å². The first-order valence-corrected chi connectivity index (χ1v) is 5.70. The highest BCUT2D eigenvalue weighted by atomic mass is 79.9. The van der Waals surface area contributed by atoms with E-state index in [-0.39, 0.29) is 0 Å². The van der Waals surface area contributed by atoms with Crippen LogP contribution in [0.1, 0.15) is 0 Å². The molecule has 0 spiro atoms. The lowest BCUT2D eigenvalue weighted by Crippen LogP contribution is -1.77. The molecule has 0 bridgehead atoms. The average Bonchev–Trinajstić information content (AvgIpc) is 1.84. The molecule has 0 unspecified atom stereocenters. The first-order chi connectivity index (χ1) is 3.72. The lowest BCUT2D eigenvalue weighted by Gasteiger charge is -1.93. The molecular formula is C4H4Br4. The van der Waals surface area contributed by atoms with E-state index in [0.29, 0.717) is 0 Å². The lowest BCUT2D eigenvalue weighted by atomic mass is 10.6. The molecular weight excluding hydrogens is 368 g/mol. The second-order valence-corrected chi connectivity index (χ2v) is 4.11. The number of allylic oxidation sites excluding steroid dienone is 2. The summed E-state index contributed by atoms with van der Waals surface area (Å²) in [4.78, 5) is 0. The van der Waals surface area contributed by atoms with Crippen molar-refractivity contribution < 1.29 is 0 Å². The summed E-state index contributed by atoms with van der Waals surface area (Å²) in [7, 11) is 0. The molecule has 0 aromatic heterocycles. The number of alkyl halides is 2. The third-order valence-electron chi connectivity index (χ3n) is 0.529. The van der Waals surface area contributed by atoms with Gasteiger partial charge < -0.3 is 0 Å². The largest absolute Gasteiger partial charge is 0.0870 e. The summed E-state index contributed by atoms with van der Waals surface area (Å²) in [6, 6.07) is 0. The third-order valence-corrected chi connectivity index (χ3v) is 5.21. The highest BCUT2D eigenvalue weighted by Crippen LogP contribution is 2.20. The van der Waals surface area contributed by atoms with Crippen LogP contribution in [-0.2, 0) is 0 Å². The Morgan fingerprint density at radius 2 is 1.12 bits per heavy atom. The van der Waals surface area contributed by atoms with E-state index in [0.717, 1.165) is 19.6 Å². The zero-order valence-electron chi connectivity index (χ0n) is 3.93. The van der Waals surface area contributed by atoms with E-state index in [4.69, 9.17) is 0 Å². The highest BCUT2D eigenvalue weighted by molar-refractivity contribution is 9.16. The first-order valence-electron chi connectivity index (χ1n) is 1.87. The average molecular weight is 372 g/mol. The summed E-state index contributed by atoms with van der Waals surface area (Å²) in [5.74, 6) is 0. The topological polar surface area (TPSA) is 0 Å². The van der Waals surface area contributed by atoms with E-state index in [1.54, 1.807) is 0 Å². The molecule has 0 aromatic rings. The van der Waals surface area contributed by atoms with Crippen molar-refractivity contribution in [1.29, 1.82) is 0 Å². The number of hydrogen-bond donors (Lipinski definition) is 0. The smallest absolute Gasteiger partial charge is 0.0357 e. The molecule has 0 rings (SSSR count). The normalized spacial score (nSPS) is 13.5. The van der Waals surface area contributed by atoms with E-state index >= 15 is 0 Å². The molecule has 0 saturated heterocycles. The number of rotatable bonds is 2. The molecule has 0 aliphatic heterocycles. The zero-order chi connectivity index (χ0) is 6.57. The molecule has 0 fully saturated rings. The Balaban J connectivity index is 3.83. The maximum absolute atomic E-state index is 3.36. The number of hydrogen-bond acceptors (Lipinski definition) is 0. The van der Waals surface area contributed by atoms with Gasteiger partial charge in [-0.05, 0) is 0 Å². The van der Waals surface area contributed by atoms with Crippen molar-refractivity contribution in [1.82, 2.24) is 0 Å². The molecule has 0 heterocycles.